The zero-order valence-electron chi connectivity index (χ0n) is 16.3. The summed E-state index contributed by atoms with van der Waals surface area (Å²) in [6, 6.07) is 8.83. The average Bonchev–Trinajstić information content (AvgIpc) is 3.60. The lowest BCUT2D eigenvalue weighted by molar-refractivity contribution is 0.0695. The van der Waals surface area contributed by atoms with E-state index >= 15 is 4.39 Å². The molecule has 2 aliphatic rings. The molecule has 1 aromatic carbocycles. The van der Waals surface area contributed by atoms with E-state index < -0.39 is 17.2 Å². The van der Waals surface area contributed by atoms with Crippen LogP contribution in [0.25, 0.3) is 10.9 Å². The number of carboxylic acid groups (broad SMARTS) is 1. The van der Waals surface area contributed by atoms with Gasteiger partial charge in [0.25, 0.3) is 0 Å². The average molecular weight is 408 g/mol. The molecule has 5 rings (SSSR count). The molecular weight excluding hydrogens is 387 g/mol. The van der Waals surface area contributed by atoms with Crippen molar-refractivity contribution in [1.82, 2.24) is 9.55 Å². The predicted molar refractivity (Wildman–Crippen MR) is 112 cm³/mol. The Bertz CT molecular complexity index is 1180. The van der Waals surface area contributed by atoms with Gasteiger partial charge in [-0.25, -0.2) is 14.2 Å². The van der Waals surface area contributed by atoms with Crippen molar-refractivity contribution in [3.05, 3.63) is 64.3 Å². The summed E-state index contributed by atoms with van der Waals surface area (Å²) >= 11 is 0. The molecule has 1 aliphatic heterocycles. The Morgan fingerprint density at radius 1 is 1.10 bits per heavy atom. The first-order valence-corrected chi connectivity index (χ1v) is 10.1. The number of nitrogens with zero attached hydrogens (tertiary/aromatic N) is 4. The quantitative estimate of drug-likeness (QED) is 0.715. The van der Waals surface area contributed by atoms with Crippen LogP contribution in [-0.4, -0.2) is 46.8 Å². The number of carbonyl (C=O) groups is 1. The Morgan fingerprint density at radius 3 is 2.47 bits per heavy atom. The first-order chi connectivity index (χ1) is 14.5. The molecule has 2 aromatic heterocycles. The number of pyridine rings is 2. The molecule has 0 spiro atoms. The lowest BCUT2D eigenvalue weighted by Gasteiger charge is -2.37. The van der Waals surface area contributed by atoms with E-state index in [1.165, 1.54) is 12.3 Å². The van der Waals surface area contributed by atoms with Crippen molar-refractivity contribution in [3.8, 4) is 0 Å². The molecule has 0 unspecified atom stereocenters. The molecule has 0 bridgehead atoms. The van der Waals surface area contributed by atoms with Crippen molar-refractivity contribution in [2.75, 3.05) is 36.0 Å². The first-order valence-electron chi connectivity index (χ1n) is 10.1. The number of piperazine rings is 1. The maximum Gasteiger partial charge on any atom is 0.341 e. The molecule has 3 heterocycles. The molecule has 0 radical (unpaired) electrons. The third-order valence-electron chi connectivity index (χ3n) is 5.87. The van der Waals surface area contributed by atoms with Crippen LogP contribution in [0.1, 0.15) is 29.2 Å². The fourth-order valence-electron chi connectivity index (χ4n) is 4.13. The molecule has 1 N–H and O–H groups in total. The number of benzene rings is 1. The minimum atomic E-state index is -1.29. The topological polar surface area (TPSA) is 78.7 Å². The minimum Gasteiger partial charge on any atom is -0.477 e. The van der Waals surface area contributed by atoms with E-state index in [2.05, 4.69) is 9.88 Å². The fourth-order valence-corrected chi connectivity index (χ4v) is 4.13. The molecule has 3 aromatic rings. The number of halogens is 1. The van der Waals surface area contributed by atoms with E-state index in [1.54, 1.807) is 12.3 Å². The smallest absolute Gasteiger partial charge is 0.341 e. The van der Waals surface area contributed by atoms with Crippen molar-refractivity contribution in [1.29, 1.82) is 0 Å². The van der Waals surface area contributed by atoms with Crippen LogP contribution in [0.2, 0.25) is 0 Å². The molecule has 1 saturated carbocycles. The number of anilines is 2. The van der Waals surface area contributed by atoms with E-state index in [1.807, 2.05) is 27.7 Å². The van der Waals surface area contributed by atoms with E-state index in [-0.39, 0.29) is 17.0 Å². The van der Waals surface area contributed by atoms with Crippen LogP contribution in [0, 0.1) is 5.82 Å². The molecular formula is C22H21FN4O3. The predicted octanol–water partition coefficient (Wildman–Crippen LogP) is 2.90. The molecule has 30 heavy (non-hydrogen) atoms. The molecule has 0 atom stereocenters. The number of rotatable bonds is 4. The summed E-state index contributed by atoms with van der Waals surface area (Å²) in [4.78, 5) is 32.6. The number of fused-ring (bicyclic) bond motifs is 1. The van der Waals surface area contributed by atoms with Crippen LogP contribution in [0.3, 0.4) is 0 Å². The summed E-state index contributed by atoms with van der Waals surface area (Å²) < 4.78 is 16.8. The van der Waals surface area contributed by atoms with Gasteiger partial charge in [0.2, 0.25) is 5.43 Å². The highest BCUT2D eigenvalue weighted by atomic mass is 19.1. The standard InChI is InChI=1S/C22H21FN4O3/c23-17-11-15-18(27(14-4-5-14)13-16(21(15)28)22(29)30)12-19(17)25-7-9-26(10-8-25)20-3-1-2-6-24-20/h1-3,6,11-14H,4-5,7-10H2,(H,29,30). The molecule has 154 valence electrons. The highest BCUT2D eigenvalue weighted by Gasteiger charge is 2.28. The van der Waals surface area contributed by atoms with Gasteiger partial charge >= 0.3 is 5.97 Å². The Balaban J connectivity index is 1.51. The van der Waals surface area contributed by atoms with Crippen LogP contribution in [0.15, 0.2) is 47.5 Å². The summed E-state index contributed by atoms with van der Waals surface area (Å²) in [7, 11) is 0. The zero-order valence-corrected chi connectivity index (χ0v) is 16.3. The number of aromatic nitrogens is 2. The van der Waals surface area contributed by atoms with Gasteiger partial charge in [0.15, 0.2) is 0 Å². The van der Waals surface area contributed by atoms with Gasteiger partial charge in [-0.05, 0) is 37.1 Å². The zero-order chi connectivity index (χ0) is 20.8. The van der Waals surface area contributed by atoms with Crippen molar-refractivity contribution in [3.63, 3.8) is 0 Å². The maximum atomic E-state index is 15.0. The monoisotopic (exact) mass is 408 g/mol. The second-order valence-electron chi connectivity index (χ2n) is 7.80. The van der Waals surface area contributed by atoms with Crippen molar-refractivity contribution < 1.29 is 14.3 Å². The highest BCUT2D eigenvalue weighted by Crippen LogP contribution is 2.38. The van der Waals surface area contributed by atoms with E-state index in [0.717, 1.165) is 18.7 Å². The SMILES string of the molecule is O=C(O)c1cn(C2CC2)c2cc(N3CCN(c4ccccn4)CC3)c(F)cc2c1=O. The second-order valence-corrected chi connectivity index (χ2v) is 7.80. The number of aromatic carboxylic acids is 1. The lowest BCUT2D eigenvalue weighted by atomic mass is 10.1. The molecule has 2 fully saturated rings. The van der Waals surface area contributed by atoms with E-state index in [4.69, 9.17) is 0 Å². The lowest BCUT2D eigenvalue weighted by Crippen LogP contribution is -2.47. The summed E-state index contributed by atoms with van der Waals surface area (Å²) in [5.41, 5.74) is 0.0847. The van der Waals surface area contributed by atoms with Crippen molar-refractivity contribution in [2.45, 2.75) is 18.9 Å². The van der Waals surface area contributed by atoms with Crippen LogP contribution >= 0.6 is 0 Å². The van der Waals surface area contributed by atoms with Gasteiger partial charge in [-0.2, -0.15) is 0 Å². The normalized spacial score (nSPS) is 16.8. The minimum absolute atomic E-state index is 0.121. The van der Waals surface area contributed by atoms with Gasteiger partial charge in [0, 0.05) is 50.0 Å². The largest absolute Gasteiger partial charge is 0.477 e. The van der Waals surface area contributed by atoms with Gasteiger partial charge in [-0.15, -0.1) is 0 Å². The van der Waals surface area contributed by atoms with Gasteiger partial charge < -0.3 is 19.5 Å². The highest BCUT2D eigenvalue weighted by molar-refractivity contribution is 5.93. The van der Waals surface area contributed by atoms with Crippen LogP contribution in [0.4, 0.5) is 15.9 Å². The second kappa shape index (κ2) is 7.12. The third kappa shape index (κ3) is 3.18. The first kappa shape index (κ1) is 18.6. The van der Waals surface area contributed by atoms with Crippen LogP contribution in [-0.2, 0) is 0 Å². The number of hydrogen-bond donors (Lipinski definition) is 1. The Morgan fingerprint density at radius 2 is 1.83 bits per heavy atom. The third-order valence-corrected chi connectivity index (χ3v) is 5.87. The van der Waals surface area contributed by atoms with Gasteiger partial charge in [0.1, 0.15) is 17.2 Å². The van der Waals surface area contributed by atoms with Crippen molar-refractivity contribution >= 4 is 28.4 Å². The molecule has 8 heteroatoms. The molecule has 1 aliphatic carbocycles. The van der Waals surface area contributed by atoms with Gasteiger partial charge in [-0.3, -0.25) is 4.79 Å². The summed E-state index contributed by atoms with van der Waals surface area (Å²) in [5.74, 6) is -0.887. The Labute approximate surface area is 172 Å². The molecule has 1 saturated heterocycles. The molecule has 7 nitrogen and oxygen atoms in total. The van der Waals surface area contributed by atoms with Crippen molar-refractivity contribution in [2.24, 2.45) is 0 Å². The number of hydrogen-bond acceptors (Lipinski definition) is 5. The van der Waals surface area contributed by atoms with E-state index in [9.17, 15) is 14.7 Å². The fraction of sp³-hybridized carbons (Fsp3) is 0.318. The van der Waals surface area contributed by atoms with Crippen LogP contribution < -0.4 is 15.2 Å². The van der Waals surface area contributed by atoms with Gasteiger partial charge in [0.05, 0.1) is 11.2 Å². The maximum absolute atomic E-state index is 15.0. The van der Waals surface area contributed by atoms with E-state index in [0.29, 0.717) is 37.4 Å². The van der Waals surface area contributed by atoms with Crippen LogP contribution in [0.5, 0.6) is 0 Å². The Hall–Kier alpha value is -3.42. The summed E-state index contributed by atoms with van der Waals surface area (Å²) in [6.45, 7) is 2.67. The summed E-state index contributed by atoms with van der Waals surface area (Å²) in [5, 5.41) is 9.49. The Kier molecular flexibility index (Phi) is 4.42. The number of carboxylic acids is 1. The summed E-state index contributed by atoms with van der Waals surface area (Å²) in [6.07, 6.45) is 5.01. The molecule has 0 amide bonds. The van der Waals surface area contributed by atoms with Gasteiger partial charge in [-0.1, -0.05) is 6.07 Å².